The molecule has 1 amide bonds. The monoisotopic (exact) mass is 362 g/mol. The Morgan fingerprint density at radius 1 is 1.15 bits per heavy atom. The lowest BCUT2D eigenvalue weighted by Gasteiger charge is -2.37. The van der Waals surface area contributed by atoms with Gasteiger partial charge in [-0.25, -0.2) is 0 Å². The predicted octanol–water partition coefficient (Wildman–Crippen LogP) is 3.01. The summed E-state index contributed by atoms with van der Waals surface area (Å²) in [7, 11) is 0. The number of piperazine rings is 1. The number of amides is 1. The third kappa shape index (κ3) is 5.16. The minimum atomic E-state index is -0.197. The van der Waals surface area contributed by atoms with Crippen LogP contribution in [0.5, 0.6) is 0 Å². The van der Waals surface area contributed by atoms with Crippen molar-refractivity contribution in [2.24, 2.45) is 0 Å². The topological polar surface area (TPSA) is 59.4 Å². The van der Waals surface area contributed by atoms with E-state index in [1.165, 1.54) is 11.1 Å². The van der Waals surface area contributed by atoms with Gasteiger partial charge < -0.3 is 5.32 Å². The fraction of sp³-hybridized carbons (Fsp3) is 0.364. The largest absolute Gasteiger partial charge is 0.325 e. The van der Waals surface area contributed by atoms with E-state index in [1.54, 1.807) is 18.2 Å². The summed E-state index contributed by atoms with van der Waals surface area (Å²) in [6.07, 6.45) is 0. The highest BCUT2D eigenvalue weighted by atomic mass is 16.2. The Morgan fingerprint density at radius 2 is 1.89 bits per heavy atom. The smallest absolute Gasteiger partial charge is 0.241 e. The summed E-state index contributed by atoms with van der Waals surface area (Å²) in [5.74, 6) is -0.0303. The van der Waals surface area contributed by atoms with Crippen LogP contribution in [0.2, 0.25) is 0 Å². The average Bonchev–Trinajstić information content (AvgIpc) is 2.68. The normalized spacial score (nSPS) is 16.5. The molecule has 0 aliphatic carbocycles. The number of nitriles is 1. The number of benzene rings is 2. The molecule has 1 atom stereocenters. The van der Waals surface area contributed by atoms with E-state index >= 15 is 0 Å². The van der Waals surface area contributed by atoms with Gasteiger partial charge in [-0.2, -0.15) is 5.26 Å². The van der Waals surface area contributed by atoms with E-state index in [0.29, 0.717) is 11.3 Å². The number of nitrogens with one attached hydrogen (secondary N) is 1. The molecule has 1 N–H and O–H groups in total. The summed E-state index contributed by atoms with van der Waals surface area (Å²) in [6, 6.07) is 17.5. The molecular weight excluding hydrogens is 336 g/mol. The molecule has 1 aliphatic rings. The van der Waals surface area contributed by atoms with Gasteiger partial charge in [0.1, 0.15) is 0 Å². The molecule has 27 heavy (non-hydrogen) atoms. The number of aryl methyl sites for hydroxylation is 1. The Kier molecular flexibility index (Phi) is 6.23. The Labute approximate surface area is 161 Å². The number of carbonyl (C=O) groups is 1. The van der Waals surface area contributed by atoms with Crippen molar-refractivity contribution in [2.75, 3.05) is 31.5 Å². The Bertz CT molecular complexity index is 834. The van der Waals surface area contributed by atoms with Crippen LogP contribution < -0.4 is 5.32 Å². The number of rotatable bonds is 5. The van der Waals surface area contributed by atoms with Gasteiger partial charge >= 0.3 is 0 Å². The molecule has 0 spiro atoms. The summed E-state index contributed by atoms with van der Waals surface area (Å²) in [5.41, 5.74) is 3.85. The van der Waals surface area contributed by atoms with Crippen LogP contribution in [0.25, 0.3) is 0 Å². The van der Waals surface area contributed by atoms with Crippen LogP contribution in [0.3, 0.4) is 0 Å². The van der Waals surface area contributed by atoms with Crippen LogP contribution >= 0.6 is 0 Å². The molecule has 3 rings (SSSR count). The van der Waals surface area contributed by atoms with Crippen LogP contribution in [0, 0.1) is 18.3 Å². The molecule has 1 aliphatic heterocycles. The Hall–Kier alpha value is -2.68. The average molecular weight is 362 g/mol. The predicted molar refractivity (Wildman–Crippen MR) is 107 cm³/mol. The fourth-order valence-corrected chi connectivity index (χ4v) is 3.46. The van der Waals surface area contributed by atoms with Crippen LogP contribution in [-0.4, -0.2) is 47.9 Å². The van der Waals surface area contributed by atoms with Crippen molar-refractivity contribution < 1.29 is 4.79 Å². The highest BCUT2D eigenvalue weighted by Crippen LogP contribution is 2.14. The second kappa shape index (κ2) is 8.81. The van der Waals surface area contributed by atoms with E-state index in [9.17, 15) is 4.79 Å². The van der Waals surface area contributed by atoms with E-state index < -0.39 is 0 Å². The highest BCUT2D eigenvalue weighted by Gasteiger charge is 2.25. The van der Waals surface area contributed by atoms with E-state index in [2.05, 4.69) is 52.4 Å². The third-order valence-electron chi connectivity index (χ3n) is 5.08. The summed E-state index contributed by atoms with van der Waals surface area (Å²) < 4.78 is 0. The molecule has 0 bridgehead atoms. The lowest BCUT2D eigenvalue weighted by Crippen LogP contribution is -2.52. The quantitative estimate of drug-likeness (QED) is 0.888. The van der Waals surface area contributed by atoms with E-state index in [1.807, 2.05) is 13.0 Å². The Morgan fingerprint density at radius 3 is 2.59 bits per heavy atom. The van der Waals surface area contributed by atoms with Crippen molar-refractivity contribution in [3.63, 3.8) is 0 Å². The zero-order chi connectivity index (χ0) is 19.2. The van der Waals surface area contributed by atoms with Crippen molar-refractivity contribution in [2.45, 2.75) is 26.4 Å². The summed E-state index contributed by atoms with van der Waals surface area (Å²) >= 11 is 0. The molecule has 0 radical (unpaired) electrons. The first kappa shape index (κ1) is 19.1. The minimum Gasteiger partial charge on any atom is -0.325 e. The maximum absolute atomic E-state index is 12.6. The lowest BCUT2D eigenvalue weighted by atomic mass is 10.1. The fourth-order valence-electron chi connectivity index (χ4n) is 3.46. The van der Waals surface area contributed by atoms with Crippen molar-refractivity contribution in [3.05, 3.63) is 65.2 Å². The standard InChI is InChI=1S/C22H26N4O/c1-17-5-3-7-20(13-17)16-25-9-11-26(12-10-25)18(2)22(27)24-21-8-4-6-19(14-21)15-23/h3-8,13-14,18H,9-12,16H2,1-2H3,(H,24,27)/t18-/m0/s1. The number of nitrogens with zero attached hydrogens (tertiary/aromatic N) is 3. The zero-order valence-corrected chi connectivity index (χ0v) is 16.0. The van der Waals surface area contributed by atoms with Gasteiger partial charge in [0.25, 0.3) is 0 Å². The third-order valence-corrected chi connectivity index (χ3v) is 5.08. The molecule has 1 fully saturated rings. The van der Waals surface area contributed by atoms with Crippen molar-refractivity contribution in [1.29, 1.82) is 5.26 Å². The van der Waals surface area contributed by atoms with E-state index in [-0.39, 0.29) is 11.9 Å². The van der Waals surface area contributed by atoms with Crippen molar-refractivity contribution in [1.82, 2.24) is 9.80 Å². The summed E-state index contributed by atoms with van der Waals surface area (Å²) in [4.78, 5) is 17.2. The SMILES string of the molecule is Cc1cccc(CN2CCN([C@@H](C)C(=O)Nc3cccc(C#N)c3)CC2)c1. The zero-order valence-electron chi connectivity index (χ0n) is 16.0. The van der Waals surface area contributed by atoms with Crippen LogP contribution in [0.4, 0.5) is 5.69 Å². The lowest BCUT2D eigenvalue weighted by molar-refractivity contribution is -0.121. The van der Waals surface area contributed by atoms with Gasteiger partial charge in [0, 0.05) is 38.4 Å². The molecule has 0 unspecified atom stereocenters. The maximum Gasteiger partial charge on any atom is 0.241 e. The minimum absolute atomic E-state index is 0.0303. The van der Waals surface area contributed by atoms with E-state index in [0.717, 1.165) is 32.7 Å². The molecule has 5 heteroatoms. The number of hydrogen-bond donors (Lipinski definition) is 1. The molecule has 2 aromatic carbocycles. The van der Waals surface area contributed by atoms with Crippen molar-refractivity contribution >= 4 is 11.6 Å². The molecule has 0 saturated carbocycles. The second-order valence-electron chi connectivity index (χ2n) is 7.16. The van der Waals surface area contributed by atoms with Crippen LogP contribution in [0.1, 0.15) is 23.6 Å². The molecule has 140 valence electrons. The first-order chi connectivity index (χ1) is 13.0. The molecular formula is C22H26N4O. The number of hydrogen-bond acceptors (Lipinski definition) is 4. The first-order valence-electron chi connectivity index (χ1n) is 9.38. The van der Waals surface area contributed by atoms with Crippen LogP contribution in [0.15, 0.2) is 48.5 Å². The molecule has 5 nitrogen and oxygen atoms in total. The maximum atomic E-state index is 12.6. The molecule has 1 saturated heterocycles. The summed E-state index contributed by atoms with van der Waals surface area (Å²) in [5, 5.41) is 11.9. The van der Waals surface area contributed by atoms with Crippen LogP contribution in [-0.2, 0) is 11.3 Å². The second-order valence-corrected chi connectivity index (χ2v) is 7.16. The van der Waals surface area contributed by atoms with Gasteiger partial charge in [-0.3, -0.25) is 14.6 Å². The number of anilines is 1. The first-order valence-corrected chi connectivity index (χ1v) is 9.38. The van der Waals surface area contributed by atoms with Gasteiger partial charge in [-0.1, -0.05) is 35.9 Å². The molecule has 0 aromatic heterocycles. The van der Waals surface area contributed by atoms with Gasteiger partial charge in [0.2, 0.25) is 5.91 Å². The van der Waals surface area contributed by atoms with E-state index in [4.69, 9.17) is 5.26 Å². The van der Waals surface area contributed by atoms with Gasteiger partial charge in [-0.05, 0) is 37.6 Å². The number of carbonyl (C=O) groups excluding carboxylic acids is 1. The summed E-state index contributed by atoms with van der Waals surface area (Å²) in [6.45, 7) is 8.67. The van der Waals surface area contributed by atoms with Crippen molar-refractivity contribution in [3.8, 4) is 6.07 Å². The van der Waals surface area contributed by atoms with Gasteiger partial charge in [-0.15, -0.1) is 0 Å². The Balaban J connectivity index is 1.51. The molecule has 1 heterocycles. The van der Waals surface area contributed by atoms with Gasteiger partial charge in [0.15, 0.2) is 0 Å². The van der Waals surface area contributed by atoms with Gasteiger partial charge in [0.05, 0.1) is 17.7 Å². The molecule has 2 aromatic rings. The highest BCUT2D eigenvalue weighted by molar-refractivity contribution is 5.94.